The van der Waals surface area contributed by atoms with Gasteiger partial charge in [-0.25, -0.2) is 0 Å². The van der Waals surface area contributed by atoms with Gasteiger partial charge >= 0.3 is 0 Å². The largest absolute Gasteiger partial charge is 0.379 e. The van der Waals surface area contributed by atoms with Crippen LogP contribution in [0.4, 0.5) is 0 Å². The SMILES string of the molecule is CC[C@H](C)[C@@H]([C@@H](CC(=O)N1CCC[C@H]1[C@H](OC)[C@@H](C)C(=O)NCCc1ccccc1)OC)N(C)C(=O)[C@H](NC(=O)[C@H](C(C)C)N(C)C)[C@H](C)N. The quantitative estimate of drug-likeness (QED) is 0.188. The maximum atomic E-state index is 14.1. The van der Waals surface area contributed by atoms with Crippen molar-refractivity contribution in [3.8, 4) is 0 Å². The van der Waals surface area contributed by atoms with Crippen LogP contribution in [0.1, 0.15) is 72.8 Å². The molecule has 9 atom stereocenters. The predicted molar refractivity (Wildman–Crippen MR) is 197 cm³/mol. The topological polar surface area (TPSA) is 147 Å². The number of likely N-dealkylation sites (tertiary alicyclic amines) is 1. The molecule has 284 valence electrons. The summed E-state index contributed by atoms with van der Waals surface area (Å²) < 4.78 is 11.9. The molecule has 0 unspecified atom stereocenters. The molecular formula is C38H66N6O6. The van der Waals surface area contributed by atoms with Crippen LogP contribution in [0, 0.1) is 17.8 Å². The van der Waals surface area contributed by atoms with E-state index in [1.807, 2.05) is 88.8 Å². The van der Waals surface area contributed by atoms with Gasteiger partial charge in [0.05, 0.1) is 42.7 Å². The summed E-state index contributed by atoms with van der Waals surface area (Å²) in [6.45, 7) is 12.6. The number of nitrogens with one attached hydrogen (secondary N) is 2. The number of carbonyl (C=O) groups is 4. The number of rotatable bonds is 20. The fraction of sp³-hybridized carbons (Fsp3) is 0.737. The summed E-state index contributed by atoms with van der Waals surface area (Å²) in [6, 6.07) is 7.20. The average Bonchev–Trinajstić information content (AvgIpc) is 3.56. The van der Waals surface area contributed by atoms with Gasteiger partial charge in [-0.3, -0.25) is 24.1 Å². The Labute approximate surface area is 301 Å². The second kappa shape index (κ2) is 20.7. The molecule has 0 bridgehead atoms. The van der Waals surface area contributed by atoms with Gasteiger partial charge in [0, 0.05) is 40.4 Å². The van der Waals surface area contributed by atoms with Gasteiger partial charge in [0.25, 0.3) is 0 Å². The molecule has 12 heteroatoms. The van der Waals surface area contributed by atoms with Gasteiger partial charge in [0.1, 0.15) is 6.04 Å². The monoisotopic (exact) mass is 703 g/mol. The van der Waals surface area contributed by atoms with Crippen molar-refractivity contribution < 1.29 is 28.7 Å². The molecule has 0 saturated carbocycles. The molecule has 12 nitrogen and oxygen atoms in total. The van der Waals surface area contributed by atoms with Crippen molar-refractivity contribution in [3.63, 3.8) is 0 Å². The zero-order chi connectivity index (χ0) is 37.7. The van der Waals surface area contributed by atoms with Crippen molar-refractivity contribution in [3.05, 3.63) is 35.9 Å². The molecule has 0 radical (unpaired) electrons. The summed E-state index contributed by atoms with van der Waals surface area (Å²) >= 11 is 0. The predicted octanol–water partition coefficient (Wildman–Crippen LogP) is 2.68. The molecule has 1 aliphatic heterocycles. The van der Waals surface area contributed by atoms with Crippen molar-refractivity contribution in [2.75, 3.05) is 48.5 Å². The van der Waals surface area contributed by atoms with Gasteiger partial charge in [0.15, 0.2) is 0 Å². The van der Waals surface area contributed by atoms with Crippen molar-refractivity contribution >= 4 is 23.6 Å². The maximum absolute atomic E-state index is 14.1. The van der Waals surface area contributed by atoms with Crippen molar-refractivity contribution in [1.29, 1.82) is 0 Å². The summed E-state index contributed by atoms with van der Waals surface area (Å²) in [6.07, 6.45) is 1.90. The van der Waals surface area contributed by atoms with Crippen LogP contribution in [0.15, 0.2) is 30.3 Å². The molecule has 0 aromatic heterocycles. The van der Waals surface area contributed by atoms with E-state index >= 15 is 0 Å². The smallest absolute Gasteiger partial charge is 0.246 e. The summed E-state index contributed by atoms with van der Waals surface area (Å²) in [5.41, 5.74) is 7.45. The summed E-state index contributed by atoms with van der Waals surface area (Å²) in [5, 5.41) is 5.96. The van der Waals surface area contributed by atoms with E-state index in [-0.39, 0.29) is 47.9 Å². The molecule has 1 fully saturated rings. The number of hydrogen-bond acceptors (Lipinski definition) is 8. The first-order chi connectivity index (χ1) is 23.6. The molecule has 1 aromatic carbocycles. The Morgan fingerprint density at radius 2 is 1.62 bits per heavy atom. The van der Waals surface area contributed by atoms with E-state index in [1.54, 1.807) is 33.1 Å². The molecule has 0 spiro atoms. The second-order valence-electron chi connectivity index (χ2n) is 14.6. The molecular weight excluding hydrogens is 636 g/mol. The number of hydrogen-bond donors (Lipinski definition) is 3. The van der Waals surface area contributed by atoms with Crippen molar-refractivity contribution in [1.82, 2.24) is 25.3 Å². The first-order valence-electron chi connectivity index (χ1n) is 18.3. The van der Waals surface area contributed by atoms with E-state index in [9.17, 15) is 19.2 Å². The van der Waals surface area contributed by atoms with E-state index in [0.29, 0.717) is 13.1 Å². The number of nitrogens with two attached hydrogens (primary N) is 1. The first-order valence-corrected chi connectivity index (χ1v) is 18.3. The molecule has 1 heterocycles. The third-order valence-electron chi connectivity index (χ3n) is 10.4. The highest BCUT2D eigenvalue weighted by molar-refractivity contribution is 5.90. The van der Waals surface area contributed by atoms with Crippen LogP contribution in [-0.4, -0.2) is 129 Å². The zero-order valence-corrected chi connectivity index (χ0v) is 32.5. The minimum atomic E-state index is -0.959. The fourth-order valence-electron chi connectivity index (χ4n) is 7.45. The van der Waals surface area contributed by atoms with E-state index < -0.39 is 42.3 Å². The van der Waals surface area contributed by atoms with Crippen LogP contribution in [0.2, 0.25) is 0 Å². The lowest BCUT2D eigenvalue weighted by Crippen LogP contribution is -2.62. The average molecular weight is 703 g/mol. The molecule has 50 heavy (non-hydrogen) atoms. The molecule has 4 N–H and O–H groups in total. The second-order valence-corrected chi connectivity index (χ2v) is 14.6. The van der Waals surface area contributed by atoms with Gasteiger partial charge in [-0.05, 0) is 57.7 Å². The Morgan fingerprint density at radius 3 is 2.14 bits per heavy atom. The number of benzene rings is 1. The Hall–Kier alpha value is -3.06. The highest BCUT2D eigenvalue weighted by Crippen LogP contribution is 2.29. The standard InChI is InChI=1S/C38H66N6O6/c1-12-25(4)34(43(9)38(48)32(27(6)39)41-37(47)33(24(2)3)42(7)8)30(49-10)23-31(45)44-22-16-19-29(44)35(50-11)26(5)36(46)40-21-20-28-17-14-13-15-18-28/h13-15,17-18,24-27,29-30,32-35H,12,16,19-23,39H2,1-11H3,(H,40,46)(H,41,47)/t25-,26+,27-,29-,30+,32+,33-,34-,35+/m0/s1. The Kier molecular flexibility index (Phi) is 17.9. The molecule has 1 saturated heterocycles. The highest BCUT2D eigenvalue weighted by Gasteiger charge is 2.43. The Bertz CT molecular complexity index is 1210. The summed E-state index contributed by atoms with van der Waals surface area (Å²) in [5.74, 6) is -1.31. The van der Waals surface area contributed by atoms with Crippen molar-refractivity contribution in [2.24, 2.45) is 23.5 Å². The zero-order valence-electron chi connectivity index (χ0n) is 32.5. The maximum Gasteiger partial charge on any atom is 0.246 e. The van der Waals surface area contributed by atoms with Crippen LogP contribution < -0.4 is 16.4 Å². The van der Waals surface area contributed by atoms with Gasteiger partial charge in [0.2, 0.25) is 23.6 Å². The Morgan fingerprint density at radius 1 is 0.980 bits per heavy atom. The molecule has 2 rings (SSSR count). The molecule has 1 aliphatic rings. The Balaban J connectivity index is 2.21. The van der Waals surface area contributed by atoms with Crippen LogP contribution in [0.3, 0.4) is 0 Å². The summed E-state index contributed by atoms with van der Waals surface area (Å²) in [7, 11) is 8.51. The first kappa shape index (κ1) is 43.1. The fourth-order valence-corrected chi connectivity index (χ4v) is 7.45. The molecule has 4 amide bonds. The van der Waals surface area contributed by atoms with Crippen molar-refractivity contribution in [2.45, 2.75) is 116 Å². The third kappa shape index (κ3) is 11.5. The van der Waals surface area contributed by atoms with E-state index in [0.717, 1.165) is 31.2 Å². The lowest BCUT2D eigenvalue weighted by molar-refractivity contribution is -0.147. The van der Waals surface area contributed by atoms with E-state index in [4.69, 9.17) is 15.2 Å². The number of nitrogens with zero attached hydrogens (tertiary/aromatic N) is 3. The number of carbonyl (C=O) groups excluding carboxylic acids is 4. The number of amides is 4. The van der Waals surface area contributed by atoms with E-state index in [1.165, 1.54) is 0 Å². The highest BCUT2D eigenvalue weighted by atomic mass is 16.5. The minimum absolute atomic E-state index is 0.0208. The van der Waals surface area contributed by atoms with Gasteiger partial charge in [-0.2, -0.15) is 0 Å². The van der Waals surface area contributed by atoms with Gasteiger partial charge in [-0.15, -0.1) is 0 Å². The van der Waals surface area contributed by atoms with Crippen LogP contribution in [0.5, 0.6) is 0 Å². The number of methoxy groups -OCH3 is 2. The molecule has 0 aliphatic carbocycles. The summed E-state index contributed by atoms with van der Waals surface area (Å²) in [4.78, 5) is 60.0. The molecule has 1 aromatic rings. The van der Waals surface area contributed by atoms with E-state index in [2.05, 4.69) is 10.6 Å². The minimum Gasteiger partial charge on any atom is -0.379 e. The number of ether oxygens (including phenoxy) is 2. The number of likely N-dealkylation sites (N-methyl/N-ethyl adjacent to an activating group) is 2. The van der Waals surface area contributed by atoms with Crippen LogP contribution in [-0.2, 0) is 35.1 Å². The van der Waals surface area contributed by atoms with Crippen LogP contribution >= 0.6 is 0 Å². The normalized spacial score (nSPS) is 19.6. The van der Waals surface area contributed by atoms with Crippen LogP contribution in [0.25, 0.3) is 0 Å². The van der Waals surface area contributed by atoms with Gasteiger partial charge < -0.3 is 35.6 Å². The lowest BCUT2D eigenvalue weighted by Gasteiger charge is -2.41. The third-order valence-corrected chi connectivity index (χ3v) is 10.4. The lowest BCUT2D eigenvalue weighted by atomic mass is 9.89. The van der Waals surface area contributed by atoms with Gasteiger partial charge in [-0.1, -0.05) is 71.4 Å².